The molecule has 0 nitrogen and oxygen atoms in total. The van der Waals surface area contributed by atoms with Gasteiger partial charge in [-0.25, -0.2) is 0 Å². The first-order chi connectivity index (χ1) is 13.3. The number of benzene rings is 2. The molecule has 142 valence electrons. The number of aryl methyl sites for hydroxylation is 1. The number of hydrogen-bond acceptors (Lipinski definition) is 0. The molecule has 0 aliphatic heterocycles. The Morgan fingerprint density at radius 3 is 2.11 bits per heavy atom. The Hall–Kier alpha value is -2.08. The molecule has 0 bridgehead atoms. The van der Waals surface area contributed by atoms with E-state index in [1.54, 1.807) is 0 Å². The van der Waals surface area contributed by atoms with Crippen LogP contribution in [0.4, 0.5) is 0 Å². The summed E-state index contributed by atoms with van der Waals surface area (Å²) in [7, 11) is 0. The molecule has 0 spiro atoms. The van der Waals surface area contributed by atoms with Crippen LogP contribution in [0, 0.1) is 5.92 Å². The van der Waals surface area contributed by atoms with Gasteiger partial charge in [-0.3, -0.25) is 0 Å². The number of allylic oxidation sites excluding steroid dienone is 3. The lowest BCUT2D eigenvalue weighted by Gasteiger charge is -2.28. The van der Waals surface area contributed by atoms with Crippen molar-refractivity contribution in [1.29, 1.82) is 0 Å². The third kappa shape index (κ3) is 5.70. The maximum atomic E-state index is 3.74. The van der Waals surface area contributed by atoms with Crippen molar-refractivity contribution in [2.24, 2.45) is 5.92 Å². The Kier molecular flexibility index (Phi) is 7.51. The average molecular weight is 359 g/mol. The van der Waals surface area contributed by atoms with Gasteiger partial charge in [0.2, 0.25) is 0 Å². The zero-order valence-corrected chi connectivity index (χ0v) is 16.9. The van der Waals surface area contributed by atoms with Gasteiger partial charge in [0, 0.05) is 0 Å². The van der Waals surface area contributed by atoms with Crippen molar-refractivity contribution in [2.45, 2.75) is 64.2 Å². The summed E-state index contributed by atoms with van der Waals surface area (Å²) in [6.45, 7) is 5.97. The van der Waals surface area contributed by atoms with Gasteiger partial charge in [0.05, 0.1) is 0 Å². The first-order valence-electron chi connectivity index (χ1n) is 10.8. The monoisotopic (exact) mass is 358 g/mol. The molecule has 0 unspecified atom stereocenters. The highest BCUT2D eigenvalue weighted by molar-refractivity contribution is 5.64. The lowest BCUT2D eigenvalue weighted by molar-refractivity contribution is 0.312. The standard InChI is InChI=1S/C27H34/c1-3-5-6-7-9-23-12-16-25(17-13-23)27-20-18-26(19-21-27)24-14-10-22(8-4-2)11-15-24/h3,5-6,10-11,14-15,18-21,23,25H,1,4,7-9,12-13,16-17H2,2H3. The van der Waals surface area contributed by atoms with Gasteiger partial charge in [-0.2, -0.15) is 0 Å². The summed E-state index contributed by atoms with van der Waals surface area (Å²) in [6, 6.07) is 18.5. The third-order valence-electron chi connectivity index (χ3n) is 6.07. The van der Waals surface area contributed by atoms with Crippen molar-refractivity contribution in [3.63, 3.8) is 0 Å². The van der Waals surface area contributed by atoms with Gasteiger partial charge in [0.1, 0.15) is 0 Å². The smallest absolute Gasteiger partial charge is 0.0162 e. The molecule has 1 aliphatic carbocycles. The molecule has 0 heterocycles. The van der Waals surface area contributed by atoms with E-state index in [4.69, 9.17) is 0 Å². The molecule has 0 radical (unpaired) electrons. The highest BCUT2D eigenvalue weighted by Gasteiger charge is 2.21. The van der Waals surface area contributed by atoms with Crippen molar-refractivity contribution in [1.82, 2.24) is 0 Å². The zero-order valence-electron chi connectivity index (χ0n) is 16.9. The van der Waals surface area contributed by atoms with E-state index < -0.39 is 0 Å². The minimum Gasteiger partial charge on any atom is -0.0991 e. The van der Waals surface area contributed by atoms with E-state index in [-0.39, 0.29) is 0 Å². The topological polar surface area (TPSA) is 0 Å². The number of hydrogen-bond donors (Lipinski definition) is 0. The average Bonchev–Trinajstić information content (AvgIpc) is 2.73. The van der Waals surface area contributed by atoms with Gasteiger partial charge in [-0.1, -0.05) is 86.7 Å². The molecular weight excluding hydrogens is 324 g/mol. The van der Waals surface area contributed by atoms with E-state index in [9.17, 15) is 0 Å². The molecule has 2 aromatic carbocycles. The van der Waals surface area contributed by atoms with Crippen molar-refractivity contribution in [3.05, 3.63) is 84.5 Å². The molecule has 2 aromatic rings. The molecule has 1 fully saturated rings. The zero-order chi connectivity index (χ0) is 18.9. The van der Waals surface area contributed by atoms with E-state index in [2.05, 4.69) is 74.2 Å². The van der Waals surface area contributed by atoms with Crippen LogP contribution in [0.5, 0.6) is 0 Å². The lowest BCUT2D eigenvalue weighted by atomic mass is 9.77. The van der Waals surface area contributed by atoms with Crippen LogP contribution < -0.4 is 0 Å². The molecule has 0 atom stereocenters. The summed E-state index contributed by atoms with van der Waals surface area (Å²) in [5, 5.41) is 0. The molecule has 0 amide bonds. The van der Waals surface area contributed by atoms with Crippen LogP contribution in [-0.4, -0.2) is 0 Å². The Labute approximate surface area is 166 Å². The van der Waals surface area contributed by atoms with Gasteiger partial charge < -0.3 is 0 Å². The van der Waals surface area contributed by atoms with Gasteiger partial charge in [-0.15, -0.1) is 0 Å². The fraction of sp³-hybridized carbons (Fsp3) is 0.407. The van der Waals surface area contributed by atoms with Crippen LogP contribution in [0.15, 0.2) is 73.3 Å². The molecule has 27 heavy (non-hydrogen) atoms. The minimum atomic E-state index is 0.756. The molecule has 1 aliphatic rings. The Balaban J connectivity index is 1.53. The number of rotatable bonds is 8. The SMILES string of the molecule is C=CC=CCCC1CCC(c2ccc(-c3ccc(CCC)cc3)cc2)CC1. The summed E-state index contributed by atoms with van der Waals surface area (Å²) in [5.41, 5.74) is 5.64. The molecule has 0 aromatic heterocycles. The quantitative estimate of drug-likeness (QED) is 0.418. The third-order valence-corrected chi connectivity index (χ3v) is 6.07. The Bertz CT molecular complexity index is 710. The summed E-state index contributed by atoms with van der Waals surface area (Å²) in [4.78, 5) is 0. The molecule has 1 saturated carbocycles. The summed E-state index contributed by atoms with van der Waals surface area (Å²) in [5.74, 6) is 1.67. The van der Waals surface area contributed by atoms with Crippen LogP contribution in [0.2, 0.25) is 0 Å². The highest BCUT2D eigenvalue weighted by Crippen LogP contribution is 2.38. The van der Waals surface area contributed by atoms with E-state index in [0.29, 0.717) is 0 Å². The van der Waals surface area contributed by atoms with Crippen molar-refractivity contribution >= 4 is 0 Å². The Morgan fingerprint density at radius 2 is 1.52 bits per heavy atom. The maximum absolute atomic E-state index is 3.74. The summed E-state index contributed by atoms with van der Waals surface area (Å²) >= 11 is 0. The summed E-state index contributed by atoms with van der Waals surface area (Å²) in [6.07, 6.45) is 16.6. The normalized spacial score (nSPS) is 20.0. The van der Waals surface area contributed by atoms with Crippen LogP contribution in [-0.2, 0) is 6.42 Å². The second-order valence-corrected chi connectivity index (χ2v) is 8.03. The molecular formula is C27H34. The fourth-order valence-corrected chi connectivity index (χ4v) is 4.41. The Morgan fingerprint density at radius 1 is 0.889 bits per heavy atom. The van der Waals surface area contributed by atoms with Crippen molar-refractivity contribution in [3.8, 4) is 11.1 Å². The van der Waals surface area contributed by atoms with Gasteiger partial charge in [0.25, 0.3) is 0 Å². The van der Waals surface area contributed by atoms with E-state index >= 15 is 0 Å². The first kappa shape index (κ1) is 19.7. The van der Waals surface area contributed by atoms with E-state index in [0.717, 1.165) is 11.8 Å². The van der Waals surface area contributed by atoms with Gasteiger partial charge in [0.15, 0.2) is 0 Å². The predicted octanol–water partition coefficient (Wildman–Crippen LogP) is 8.10. The second kappa shape index (κ2) is 10.3. The molecule has 0 saturated heterocycles. The van der Waals surface area contributed by atoms with Crippen LogP contribution in [0.3, 0.4) is 0 Å². The predicted molar refractivity (Wildman–Crippen MR) is 119 cm³/mol. The van der Waals surface area contributed by atoms with Crippen LogP contribution in [0.25, 0.3) is 11.1 Å². The van der Waals surface area contributed by atoms with E-state index in [1.165, 1.54) is 73.6 Å². The second-order valence-electron chi connectivity index (χ2n) is 8.03. The minimum absolute atomic E-state index is 0.756. The maximum Gasteiger partial charge on any atom is -0.0162 e. The van der Waals surface area contributed by atoms with Gasteiger partial charge >= 0.3 is 0 Å². The van der Waals surface area contributed by atoms with Gasteiger partial charge in [-0.05, 0) is 79.0 Å². The molecule has 0 heteroatoms. The first-order valence-corrected chi connectivity index (χ1v) is 10.8. The largest absolute Gasteiger partial charge is 0.0991 e. The molecule has 3 rings (SSSR count). The highest BCUT2D eigenvalue weighted by atomic mass is 14.3. The van der Waals surface area contributed by atoms with E-state index in [1.807, 2.05) is 6.08 Å². The van der Waals surface area contributed by atoms with Crippen molar-refractivity contribution in [2.75, 3.05) is 0 Å². The summed E-state index contributed by atoms with van der Waals surface area (Å²) < 4.78 is 0. The molecule has 0 N–H and O–H groups in total. The lowest BCUT2D eigenvalue weighted by Crippen LogP contribution is -2.13. The van der Waals surface area contributed by atoms with Crippen molar-refractivity contribution < 1.29 is 0 Å². The fourth-order valence-electron chi connectivity index (χ4n) is 4.41. The van der Waals surface area contributed by atoms with Crippen LogP contribution >= 0.6 is 0 Å². The van der Waals surface area contributed by atoms with Crippen LogP contribution in [0.1, 0.15) is 68.9 Å².